The number of hydrogen-bond acceptors (Lipinski definition) is 4. The van der Waals surface area contributed by atoms with Crippen LogP contribution in [0.15, 0.2) is 0 Å². The van der Waals surface area contributed by atoms with Crippen LogP contribution in [0.2, 0.25) is 0 Å². The Morgan fingerprint density at radius 1 is 1.44 bits per heavy atom. The van der Waals surface area contributed by atoms with Gasteiger partial charge in [0, 0.05) is 13.1 Å². The third kappa shape index (κ3) is 6.07. The molecule has 1 aliphatic heterocycles. The van der Waals surface area contributed by atoms with E-state index >= 15 is 0 Å². The molecular weight excluding hydrogens is 246 g/mol. The highest BCUT2D eigenvalue weighted by Gasteiger charge is 2.17. The van der Waals surface area contributed by atoms with Crippen molar-refractivity contribution in [3.05, 3.63) is 0 Å². The molecule has 1 rings (SSSR count). The monoisotopic (exact) mass is 273 g/mol. The Hall–Kier alpha value is -0.260. The maximum absolute atomic E-state index is 11.7. The number of nitrogens with zero attached hydrogens (tertiary/aromatic N) is 1. The maximum Gasteiger partial charge on any atom is 0.236 e. The molecule has 0 aromatic heterocycles. The molecule has 106 valence electrons. The number of nitrogens with two attached hydrogens (primary N) is 1. The summed E-state index contributed by atoms with van der Waals surface area (Å²) in [5, 5.41) is 2.97. The molecule has 4 nitrogen and oxygen atoms in total. The van der Waals surface area contributed by atoms with Crippen molar-refractivity contribution in [2.45, 2.75) is 32.2 Å². The van der Waals surface area contributed by atoms with Crippen molar-refractivity contribution in [1.82, 2.24) is 10.2 Å². The van der Waals surface area contributed by atoms with Crippen LogP contribution >= 0.6 is 11.8 Å². The summed E-state index contributed by atoms with van der Waals surface area (Å²) in [6.45, 7) is 6.44. The van der Waals surface area contributed by atoms with Crippen molar-refractivity contribution < 1.29 is 4.79 Å². The first-order valence-electron chi connectivity index (χ1n) is 6.88. The van der Waals surface area contributed by atoms with E-state index in [4.69, 9.17) is 5.73 Å². The molecule has 1 heterocycles. The lowest BCUT2D eigenvalue weighted by molar-refractivity contribution is -0.122. The summed E-state index contributed by atoms with van der Waals surface area (Å²) >= 11 is 1.73. The summed E-state index contributed by atoms with van der Waals surface area (Å²) in [5.74, 6) is 1.44. The molecule has 1 saturated heterocycles. The van der Waals surface area contributed by atoms with Gasteiger partial charge < -0.3 is 16.0 Å². The van der Waals surface area contributed by atoms with Gasteiger partial charge in [-0.15, -0.1) is 0 Å². The van der Waals surface area contributed by atoms with Gasteiger partial charge in [0.1, 0.15) is 0 Å². The van der Waals surface area contributed by atoms with Gasteiger partial charge >= 0.3 is 0 Å². The zero-order valence-corrected chi connectivity index (χ0v) is 12.5. The van der Waals surface area contributed by atoms with Gasteiger partial charge in [-0.25, -0.2) is 0 Å². The first-order valence-corrected chi connectivity index (χ1v) is 8.27. The van der Waals surface area contributed by atoms with Crippen molar-refractivity contribution in [3.8, 4) is 0 Å². The Bertz CT molecular complexity index is 244. The molecular formula is C13H27N3OS. The number of amides is 1. The fourth-order valence-corrected chi connectivity index (χ4v) is 2.74. The van der Waals surface area contributed by atoms with Gasteiger partial charge in [-0.2, -0.15) is 11.8 Å². The Balaban J connectivity index is 2.12. The quantitative estimate of drug-likeness (QED) is 0.690. The van der Waals surface area contributed by atoms with E-state index in [2.05, 4.69) is 17.1 Å². The number of carbonyl (C=O) groups excluding carboxylic acids is 1. The fraction of sp³-hybridized carbons (Fsp3) is 0.923. The second-order valence-electron chi connectivity index (χ2n) is 5.25. The highest BCUT2D eigenvalue weighted by Crippen LogP contribution is 2.09. The molecule has 0 saturated carbocycles. The van der Waals surface area contributed by atoms with Crippen LogP contribution in [-0.4, -0.2) is 55.0 Å². The minimum atomic E-state index is -0.351. The minimum absolute atomic E-state index is 0.00248. The summed E-state index contributed by atoms with van der Waals surface area (Å²) < 4.78 is 0. The summed E-state index contributed by atoms with van der Waals surface area (Å²) in [7, 11) is 0. The lowest BCUT2D eigenvalue weighted by atomic mass is 10.1. The van der Waals surface area contributed by atoms with Crippen LogP contribution in [0, 0.1) is 5.92 Å². The number of carbonyl (C=O) groups is 1. The fourth-order valence-electron chi connectivity index (χ4n) is 2.25. The zero-order chi connectivity index (χ0) is 13.4. The molecule has 1 unspecified atom stereocenters. The lowest BCUT2D eigenvalue weighted by Gasteiger charge is -2.21. The zero-order valence-electron chi connectivity index (χ0n) is 11.7. The van der Waals surface area contributed by atoms with Crippen molar-refractivity contribution in [3.63, 3.8) is 0 Å². The Kier molecular flexibility index (Phi) is 7.70. The summed E-state index contributed by atoms with van der Waals surface area (Å²) in [5.41, 5.74) is 5.82. The van der Waals surface area contributed by atoms with E-state index in [0.717, 1.165) is 25.3 Å². The molecule has 0 aromatic carbocycles. The lowest BCUT2D eigenvalue weighted by Crippen LogP contribution is -2.43. The van der Waals surface area contributed by atoms with Crippen molar-refractivity contribution in [2.24, 2.45) is 11.7 Å². The van der Waals surface area contributed by atoms with E-state index in [1.807, 2.05) is 6.26 Å². The molecule has 18 heavy (non-hydrogen) atoms. The highest BCUT2D eigenvalue weighted by atomic mass is 32.2. The first-order chi connectivity index (χ1) is 8.63. The van der Waals surface area contributed by atoms with Gasteiger partial charge in [0.25, 0.3) is 0 Å². The predicted octanol–water partition coefficient (Wildman–Crippen LogP) is 0.915. The number of likely N-dealkylation sites (tertiary alicyclic amines) is 1. The third-order valence-corrected chi connectivity index (χ3v) is 4.01. The predicted molar refractivity (Wildman–Crippen MR) is 78.8 cm³/mol. The number of thioether (sulfide) groups is 1. The Labute approximate surface area is 115 Å². The maximum atomic E-state index is 11.7. The molecule has 3 N–H and O–H groups in total. The molecule has 0 bridgehead atoms. The SMILES string of the molecule is CSCC[C@@H](N)C(=O)NCC(C)CN1CCCC1. The normalized spacial score (nSPS) is 19.7. The van der Waals surface area contributed by atoms with Crippen molar-refractivity contribution in [2.75, 3.05) is 38.2 Å². The van der Waals surface area contributed by atoms with Crippen LogP contribution in [-0.2, 0) is 4.79 Å². The Morgan fingerprint density at radius 2 is 2.11 bits per heavy atom. The van der Waals surface area contributed by atoms with E-state index in [1.165, 1.54) is 25.9 Å². The number of nitrogens with one attached hydrogen (secondary N) is 1. The van der Waals surface area contributed by atoms with Crippen LogP contribution in [0.1, 0.15) is 26.2 Å². The second kappa shape index (κ2) is 8.77. The largest absolute Gasteiger partial charge is 0.354 e. The van der Waals surface area contributed by atoms with Crippen molar-refractivity contribution in [1.29, 1.82) is 0 Å². The summed E-state index contributed by atoms with van der Waals surface area (Å²) in [6.07, 6.45) is 5.42. The molecule has 0 aliphatic carbocycles. The molecule has 2 atom stereocenters. The van der Waals surface area contributed by atoms with Gasteiger partial charge in [0.05, 0.1) is 6.04 Å². The van der Waals surface area contributed by atoms with Crippen LogP contribution < -0.4 is 11.1 Å². The van der Waals surface area contributed by atoms with E-state index in [-0.39, 0.29) is 11.9 Å². The number of rotatable bonds is 8. The molecule has 0 spiro atoms. The third-order valence-electron chi connectivity index (χ3n) is 3.36. The van der Waals surface area contributed by atoms with Gasteiger partial charge in [-0.1, -0.05) is 6.92 Å². The molecule has 1 fully saturated rings. The number of hydrogen-bond donors (Lipinski definition) is 2. The average Bonchev–Trinajstić information content (AvgIpc) is 2.85. The van der Waals surface area contributed by atoms with Crippen LogP contribution in [0.4, 0.5) is 0 Å². The van der Waals surface area contributed by atoms with Gasteiger partial charge in [0.15, 0.2) is 0 Å². The van der Waals surface area contributed by atoms with Crippen molar-refractivity contribution >= 4 is 17.7 Å². The smallest absolute Gasteiger partial charge is 0.236 e. The van der Waals surface area contributed by atoms with E-state index < -0.39 is 0 Å². The van der Waals surface area contributed by atoms with Gasteiger partial charge in [0.2, 0.25) is 5.91 Å². The standard InChI is InChI=1S/C13H27N3OS/c1-11(10-16-6-3-4-7-16)9-15-13(17)12(14)5-8-18-2/h11-12H,3-10,14H2,1-2H3,(H,15,17)/t11?,12-/m1/s1. The molecule has 1 amide bonds. The second-order valence-corrected chi connectivity index (χ2v) is 6.23. The molecule has 0 aromatic rings. The summed E-state index contributed by atoms with van der Waals surface area (Å²) in [6, 6.07) is -0.351. The minimum Gasteiger partial charge on any atom is -0.354 e. The summed E-state index contributed by atoms with van der Waals surface area (Å²) in [4.78, 5) is 14.2. The van der Waals surface area contributed by atoms with E-state index in [9.17, 15) is 4.79 Å². The molecule has 1 aliphatic rings. The van der Waals surface area contributed by atoms with Gasteiger partial charge in [-0.3, -0.25) is 4.79 Å². The first kappa shape index (κ1) is 15.8. The van der Waals surface area contributed by atoms with Crippen LogP contribution in [0.25, 0.3) is 0 Å². The van der Waals surface area contributed by atoms with Gasteiger partial charge in [-0.05, 0) is 50.3 Å². The molecule has 0 radical (unpaired) electrons. The Morgan fingerprint density at radius 3 is 2.72 bits per heavy atom. The molecule has 5 heteroatoms. The highest BCUT2D eigenvalue weighted by molar-refractivity contribution is 7.98. The van der Waals surface area contributed by atoms with Crippen LogP contribution in [0.3, 0.4) is 0 Å². The van der Waals surface area contributed by atoms with E-state index in [0.29, 0.717) is 5.92 Å². The average molecular weight is 273 g/mol. The topological polar surface area (TPSA) is 58.4 Å². The van der Waals surface area contributed by atoms with E-state index in [1.54, 1.807) is 11.8 Å². The van der Waals surface area contributed by atoms with Crippen LogP contribution in [0.5, 0.6) is 0 Å².